The molecule has 0 bridgehead atoms. The molecule has 2 N–H and O–H groups in total. The molecule has 2 aromatic carbocycles. The second-order valence-corrected chi connectivity index (χ2v) is 6.40. The van der Waals surface area contributed by atoms with Crippen molar-refractivity contribution in [1.82, 2.24) is 5.32 Å². The summed E-state index contributed by atoms with van der Waals surface area (Å²) in [4.78, 5) is 12.9. The van der Waals surface area contributed by atoms with Crippen LogP contribution in [0.4, 0.5) is 0 Å². The number of aliphatic hydroxyl groups excluding tert-OH is 1. The van der Waals surface area contributed by atoms with E-state index in [-0.39, 0.29) is 18.6 Å². The Labute approximate surface area is 132 Å². The van der Waals surface area contributed by atoms with Crippen LogP contribution in [0.25, 0.3) is 0 Å². The average molecular weight is 317 g/mol. The molecule has 0 aliphatic carbocycles. The summed E-state index contributed by atoms with van der Waals surface area (Å²) in [7, 11) is -1.06. The number of rotatable bonds is 6. The van der Waals surface area contributed by atoms with Crippen LogP contribution >= 0.6 is 0 Å². The Morgan fingerprint density at radius 3 is 2.32 bits per heavy atom. The van der Waals surface area contributed by atoms with Gasteiger partial charge in [0.25, 0.3) is 5.91 Å². The number of carbonyl (C=O) groups excluding carboxylic acids is 1. The standard InChI is InChI=1S/C17H19NO3S/c1-22(21)16-9-7-14(8-10-16)17(20)18-15(12-19)11-13-5-3-2-4-6-13/h2-10,15,19H,11-12H2,1H3,(H,18,20). The molecule has 0 heterocycles. The minimum absolute atomic E-state index is 0.127. The van der Waals surface area contributed by atoms with E-state index in [1.54, 1.807) is 30.5 Å². The van der Waals surface area contributed by atoms with Crippen molar-refractivity contribution >= 4 is 16.7 Å². The van der Waals surface area contributed by atoms with E-state index in [4.69, 9.17) is 0 Å². The van der Waals surface area contributed by atoms with Gasteiger partial charge < -0.3 is 10.4 Å². The molecule has 0 aliphatic rings. The summed E-state index contributed by atoms with van der Waals surface area (Å²) in [6, 6.07) is 16.0. The van der Waals surface area contributed by atoms with E-state index < -0.39 is 10.8 Å². The molecular formula is C17H19NO3S. The molecule has 2 unspecified atom stereocenters. The third-order valence-corrected chi connectivity index (χ3v) is 4.26. The SMILES string of the molecule is CS(=O)c1ccc(C(=O)NC(CO)Cc2ccccc2)cc1. The fraction of sp³-hybridized carbons (Fsp3) is 0.235. The first-order valence-electron chi connectivity index (χ1n) is 6.99. The second kappa shape index (κ2) is 7.87. The third-order valence-electron chi connectivity index (χ3n) is 3.33. The molecule has 1 amide bonds. The summed E-state index contributed by atoms with van der Waals surface area (Å²) in [6.07, 6.45) is 2.16. The molecule has 0 aliphatic heterocycles. The number of amides is 1. The van der Waals surface area contributed by atoms with Crippen molar-refractivity contribution in [3.63, 3.8) is 0 Å². The van der Waals surface area contributed by atoms with Crippen molar-refractivity contribution in [3.05, 3.63) is 65.7 Å². The maximum atomic E-state index is 12.2. The fourth-order valence-electron chi connectivity index (χ4n) is 2.13. The van der Waals surface area contributed by atoms with E-state index in [0.717, 1.165) is 5.56 Å². The van der Waals surface area contributed by atoms with Gasteiger partial charge >= 0.3 is 0 Å². The van der Waals surface area contributed by atoms with Crippen molar-refractivity contribution in [3.8, 4) is 0 Å². The van der Waals surface area contributed by atoms with Gasteiger partial charge in [-0.2, -0.15) is 0 Å². The topological polar surface area (TPSA) is 66.4 Å². The number of benzene rings is 2. The normalized spacial score (nSPS) is 13.4. The minimum Gasteiger partial charge on any atom is -0.394 e. The van der Waals surface area contributed by atoms with Crippen LogP contribution in [-0.2, 0) is 17.2 Å². The molecule has 0 aromatic heterocycles. The maximum Gasteiger partial charge on any atom is 0.251 e. The van der Waals surface area contributed by atoms with E-state index in [9.17, 15) is 14.1 Å². The Bertz CT molecular complexity index is 641. The first kappa shape index (κ1) is 16.4. The van der Waals surface area contributed by atoms with Crippen molar-refractivity contribution in [2.45, 2.75) is 17.4 Å². The van der Waals surface area contributed by atoms with Crippen LogP contribution in [0.3, 0.4) is 0 Å². The minimum atomic E-state index is -1.06. The quantitative estimate of drug-likeness (QED) is 0.853. The number of nitrogens with one attached hydrogen (secondary N) is 1. The smallest absolute Gasteiger partial charge is 0.251 e. The summed E-state index contributed by atoms with van der Waals surface area (Å²) in [5.74, 6) is -0.247. The van der Waals surface area contributed by atoms with Gasteiger partial charge in [0.15, 0.2) is 0 Å². The van der Waals surface area contributed by atoms with Crippen LogP contribution in [-0.4, -0.2) is 34.1 Å². The molecule has 0 saturated heterocycles. The first-order chi connectivity index (χ1) is 10.6. The molecule has 2 rings (SSSR count). The van der Waals surface area contributed by atoms with Gasteiger partial charge in [0.2, 0.25) is 0 Å². The second-order valence-electron chi connectivity index (χ2n) is 5.02. The number of hydrogen-bond donors (Lipinski definition) is 2. The molecule has 22 heavy (non-hydrogen) atoms. The molecule has 2 atom stereocenters. The lowest BCUT2D eigenvalue weighted by atomic mass is 10.1. The zero-order valence-electron chi connectivity index (χ0n) is 12.4. The predicted molar refractivity (Wildman–Crippen MR) is 87.3 cm³/mol. The van der Waals surface area contributed by atoms with Crippen molar-refractivity contribution in [2.75, 3.05) is 12.9 Å². The van der Waals surface area contributed by atoms with E-state index in [2.05, 4.69) is 5.32 Å². The summed E-state index contributed by atoms with van der Waals surface area (Å²) in [5.41, 5.74) is 1.54. The van der Waals surface area contributed by atoms with Gasteiger partial charge in [-0.05, 0) is 36.2 Å². The summed E-state index contributed by atoms with van der Waals surface area (Å²) >= 11 is 0. The highest BCUT2D eigenvalue weighted by atomic mass is 32.2. The highest BCUT2D eigenvalue weighted by Gasteiger charge is 2.13. The summed E-state index contributed by atoms with van der Waals surface area (Å²) in [6.45, 7) is -0.127. The lowest BCUT2D eigenvalue weighted by Crippen LogP contribution is -2.39. The van der Waals surface area contributed by atoms with E-state index in [1.807, 2.05) is 30.3 Å². The van der Waals surface area contributed by atoms with E-state index >= 15 is 0 Å². The predicted octanol–water partition coefficient (Wildman–Crippen LogP) is 1.76. The molecular weight excluding hydrogens is 298 g/mol. The first-order valence-corrected chi connectivity index (χ1v) is 8.55. The van der Waals surface area contributed by atoms with Gasteiger partial charge in [0, 0.05) is 27.5 Å². The molecule has 5 heteroatoms. The zero-order chi connectivity index (χ0) is 15.9. The van der Waals surface area contributed by atoms with E-state index in [0.29, 0.717) is 16.9 Å². The van der Waals surface area contributed by atoms with Crippen LogP contribution in [0, 0.1) is 0 Å². The van der Waals surface area contributed by atoms with E-state index in [1.165, 1.54) is 0 Å². The van der Waals surface area contributed by atoms with Gasteiger partial charge in [0.1, 0.15) is 0 Å². The zero-order valence-corrected chi connectivity index (χ0v) is 13.2. The number of carbonyl (C=O) groups is 1. The van der Waals surface area contributed by atoms with Crippen molar-refractivity contribution < 1.29 is 14.1 Å². The van der Waals surface area contributed by atoms with Gasteiger partial charge in [-0.15, -0.1) is 0 Å². The summed E-state index contributed by atoms with van der Waals surface area (Å²) in [5, 5.41) is 12.3. The van der Waals surface area contributed by atoms with Crippen LogP contribution in [0.1, 0.15) is 15.9 Å². The van der Waals surface area contributed by atoms with Crippen LogP contribution in [0.5, 0.6) is 0 Å². The number of hydrogen-bond acceptors (Lipinski definition) is 3. The Balaban J connectivity index is 2.01. The highest BCUT2D eigenvalue weighted by molar-refractivity contribution is 7.84. The van der Waals surface area contributed by atoms with Crippen LogP contribution in [0.2, 0.25) is 0 Å². The molecule has 0 saturated carbocycles. The van der Waals surface area contributed by atoms with Crippen molar-refractivity contribution in [1.29, 1.82) is 0 Å². The third kappa shape index (κ3) is 4.51. The average Bonchev–Trinajstić information content (AvgIpc) is 2.55. The lowest BCUT2D eigenvalue weighted by Gasteiger charge is -2.16. The summed E-state index contributed by atoms with van der Waals surface area (Å²) < 4.78 is 11.3. The Morgan fingerprint density at radius 1 is 1.14 bits per heavy atom. The van der Waals surface area contributed by atoms with Gasteiger partial charge in [-0.1, -0.05) is 30.3 Å². The van der Waals surface area contributed by atoms with Crippen molar-refractivity contribution in [2.24, 2.45) is 0 Å². The highest BCUT2D eigenvalue weighted by Crippen LogP contribution is 2.09. The molecule has 0 fully saturated rings. The molecule has 4 nitrogen and oxygen atoms in total. The molecule has 2 aromatic rings. The van der Waals surface area contributed by atoms with Crippen LogP contribution < -0.4 is 5.32 Å². The number of aliphatic hydroxyl groups is 1. The Kier molecular flexibility index (Phi) is 5.86. The Morgan fingerprint density at radius 2 is 1.77 bits per heavy atom. The van der Waals surface area contributed by atoms with Gasteiger partial charge in [-0.3, -0.25) is 9.00 Å². The largest absolute Gasteiger partial charge is 0.394 e. The van der Waals surface area contributed by atoms with Gasteiger partial charge in [-0.25, -0.2) is 0 Å². The lowest BCUT2D eigenvalue weighted by molar-refractivity contribution is 0.0916. The van der Waals surface area contributed by atoms with Gasteiger partial charge in [0.05, 0.1) is 12.6 Å². The fourth-order valence-corrected chi connectivity index (χ4v) is 2.65. The van der Waals surface area contributed by atoms with Crippen LogP contribution in [0.15, 0.2) is 59.5 Å². The monoisotopic (exact) mass is 317 g/mol. The molecule has 116 valence electrons. The molecule has 0 radical (unpaired) electrons. The maximum absolute atomic E-state index is 12.2. The molecule has 0 spiro atoms. The Hall–Kier alpha value is -1.98.